The molecule has 3 rings (SSSR count). The number of benzene rings is 1. The second-order valence-electron chi connectivity index (χ2n) is 5.35. The molecular formula is C15H20N4OS. The molecule has 21 heavy (non-hydrogen) atoms. The van der Waals surface area contributed by atoms with E-state index in [4.69, 9.17) is 0 Å². The van der Waals surface area contributed by atoms with Crippen molar-refractivity contribution in [1.29, 1.82) is 0 Å². The summed E-state index contributed by atoms with van der Waals surface area (Å²) in [7, 11) is 5.67. The van der Waals surface area contributed by atoms with Crippen LogP contribution in [0, 0.1) is 0 Å². The number of fused-ring (bicyclic) bond motifs is 1. The standard InChI is InChI=1S/C15H20N4OS/c1-16-9-4-5-10-13(6-9)21-14-11(19-10)7-15(17-2,18-3)8-12(14)20/h4-6,16-19H,7-8H2,1-3H3. The number of ketones is 1. The highest BCUT2D eigenvalue weighted by Crippen LogP contribution is 2.45. The zero-order valence-corrected chi connectivity index (χ0v) is 13.3. The molecule has 0 fully saturated rings. The van der Waals surface area contributed by atoms with Crippen molar-refractivity contribution in [2.45, 2.75) is 23.4 Å². The van der Waals surface area contributed by atoms with Gasteiger partial charge in [0.15, 0.2) is 5.78 Å². The maximum absolute atomic E-state index is 12.5. The molecule has 0 saturated heterocycles. The lowest BCUT2D eigenvalue weighted by Gasteiger charge is -2.39. The molecule has 0 bridgehead atoms. The van der Waals surface area contributed by atoms with E-state index >= 15 is 0 Å². The van der Waals surface area contributed by atoms with Crippen LogP contribution in [-0.4, -0.2) is 32.6 Å². The summed E-state index contributed by atoms with van der Waals surface area (Å²) in [5.41, 5.74) is 2.76. The fraction of sp³-hybridized carbons (Fsp3) is 0.400. The molecule has 1 aliphatic carbocycles. The molecule has 0 spiro atoms. The summed E-state index contributed by atoms with van der Waals surface area (Å²) in [4.78, 5) is 14.4. The van der Waals surface area contributed by atoms with Gasteiger partial charge in [0.1, 0.15) is 0 Å². The molecule has 5 nitrogen and oxygen atoms in total. The molecule has 1 aromatic rings. The van der Waals surface area contributed by atoms with Gasteiger partial charge in [-0.05, 0) is 32.3 Å². The van der Waals surface area contributed by atoms with Gasteiger partial charge < -0.3 is 21.3 Å². The van der Waals surface area contributed by atoms with Gasteiger partial charge in [0.05, 0.1) is 16.3 Å². The first-order chi connectivity index (χ1) is 10.1. The minimum absolute atomic E-state index is 0.179. The normalized spacial score (nSPS) is 19.7. The van der Waals surface area contributed by atoms with Crippen molar-refractivity contribution in [2.24, 2.45) is 0 Å². The number of carbonyl (C=O) groups excluding carboxylic acids is 1. The summed E-state index contributed by atoms with van der Waals surface area (Å²) in [5, 5.41) is 13.1. The molecular weight excluding hydrogens is 284 g/mol. The topological polar surface area (TPSA) is 65.2 Å². The number of hydrogen-bond donors (Lipinski definition) is 4. The van der Waals surface area contributed by atoms with E-state index < -0.39 is 0 Å². The largest absolute Gasteiger partial charge is 0.388 e. The van der Waals surface area contributed by atoms with Crippen LogP contribution in [0.5, 0.6) is 0 Å². The first kappa shape index (κ1) is 14.4. The first-order valence-electron chi connectivity index (χ1n) is 7.01. The lowest BCUT2D eigenvalue weighted by molar-refractivity contribution is -0.117. The SMILES string of the molecule is CNc1ccc2c(c1)SC1=C(CC(NC)(NC)CC1=O)N2. The number of nitrogens with one attached hydrogen (secondary N) is 4. The number of anilines is 2. The predicted molar refractivity (Wildman–Crippen MR) is 87.6 cm³/mol. The molecule has 1 aromatic carbocycles. The van der Waals surface area contributed by atoms with E-state index in [1.807, 2.05) is 27.2 Å². The number of rotatable bonds is 3. The average Bonchev–Trinajstić information content (AvgIpc) is 2.52. The van der Waals surface area contributed by atoms with Gasteiger partial charge in [-0.2, -0.15) is 0 Å². The van der Waals surface area contributed by atoms with Crippen LogP contribution in [-0.2, 0) is 4.79 Å². The van der Waals surface area contributed by atoms with Gasteiger partial charge in [0.2, 0.25) is 0 Å². The molecule has 1 aliphatic heterocycles. The zero-order valence-electron chi connectivity index (χ0n) is 12.5. The van der Waals surface area contributed by atoms with Crippen molar-refractivity contribution < 1.29 is 4.79 Å². The Morgan fingerprint density at radius 3 is 2.62 bits per heavy atom. The maximum atomic E-state index is 12.5. The maximum Gasteiger partial charge on any atom is 0.174 e. The van der Waals surface area contributed by atoms with Gasteiger partial charge in [-0.1, -0.05) is 11.8 Å². The smallest absolute Gasteiger partial charge is 0.174 e. The average molecular weight is 304 g/mol. The van der Waals surface area contributed by atoms with Crippen LogP contribution < -0.4 is 21.3 Å². The number of allylic oxidation sites excluding steroid dienone is 1. The number of carbonyl (C=O) groups is 1. The Balaban J connectivity index is 1.95. The molecule has 4 N–H and O–H groups in total. The Hall–Kier alpha value is -1.50. The fourth-order valence-corrected chi connectivity index (χ4v) is 3.87. The van der Waals surface area contributed by atoms with Crippen molar-refractivity contribution in [3.63, 3.8) is 0 Å². The second kappa shape index (κ2) is 5.36. The van der Waals surface area contributed by atoms with Crippen molar-refractivity contribution in [1.82, 2.24) is 10.6 Å². The Morgan fingerprint density at radius 2 is 1.95 bits per heavy atom. The van der Waals surface area contributed by atoms with Crippen molar-refractivity contribution >= 4 is 28.9 Å². The second-order valence-corrected chi connectivity index (χ2v) is 6.41. The third kappa shape index (κ3) is 2.43. The van der Waals surface area contributed by atoms with Crippen molar-refractivity contribution in [2.75, 3.05) is 31.8 Å². The van der Waals surface area contributed by atoms with Gasteiger partial charge in [-0.15, -0.1) is 0 Å². The summed E-state index contributed by atoms with van der Waals surface area (Å²) in [6, 6.07) is 6.16. The highest BCUT2D eigenvalue weighted by molar-refractivity contribution is 8.04. The number of Topliss-reactive ketones (excluding diaryl/α,β-unsaturated/α-hetero) is 1. The highest BCUT2D eigenvalue weighted by Gasteiger charge is 2.39. The molecule has 0 unspecified atom stereocenters. The van der Waals surface area contributed by atoms with E-state index in [-0.39, 0.29) is 11.4 Å². The third-order valence-electron chi connectivity index (χ3n) is 4.19. The number of thioether (sulfide) groups is 1. The third-order valence-corrected chi connectivity index (χ3v) is 5.43. The Kier molecular flexibility index (Phi) is 3.69. The highest BCUT2D eigenvalue weighted by atomic mass is 32.2. The minimum atomic E-state index is -0.355. The summed E-state index contributed by atoms with van der Waals surface area (Å²) < 4.78 is 0. The van der Waals surface area contributed by atoms with Gasteiger partial charge >= 0.3 is 0 Å². The lowest BCUT2D eigenvalue weighted by atomic mass is 9.90. The van der Waals surface area contributed by atoms with Crippen LogP contribution in [0.15, 0.2) is 33.7 Å². The van der Waals surface area contributed by atoms with Crippen molar-refractivity contribution in [3.05, 3.63) is 28.8 Å². The summed E-state index contributed by atoms with van der Waals surface area (Å²) in [6.07, 6.45) is 1.23. The Morgan fingerprint density at radius 1 is 1.19 bits per heavy atom. The molecule has 0 atom stereocenters. The molecule has 112 valence electrons. The van der Waals surface area contributed by atoms with E-state index in [9.17, 15) is 4.79 Å². The molecule has 6 heteroatoms. The quantitative estimate of drug-likeness (QED) is 0.640. The Bertz CT molecular complexity index is 622. The van der Waals surface area contributed by atoms with E-state index in [2.05, 4.69) is 33.4 Å². The first-order valence-corrected chi connectivity index (χ1v) is 7.83. The predicted octanol–water partition coefficient (Wildman–Crippen LogP) is 1.96. The van der Waals surface area contributed by atoms with Crippen LogP contribution in [0.25, 0.3) is 0 Å². The van der Waals surface area contributed by atoms with Crippen LogP contribution in [0.3, 0.4) is 0 Å². The van der Waals surface area contributed by atoms with Gasteiger partial charge in [0.25, 0.3) is 0 Å². The van der Waals surface area contributed by atoms with Crippen LogP contribution >= 0.6 is 11.8 Å². The van der Waals surface area contributed by atoms with E-state index in [1.54, 1.807) is 11.8 Å². The lowest BCUT2D eigenvalue weighted by Crippen LogP contribution is -2.57. The summed E-state index contributed by atoms with van der Waals surface area (Å²) in [6.45, 7) is 0. The molecule has 2 aliphatic rings. The Labute approximate surface area is 128 Å². The van der Waals surface area contributed by atoms with Gasteiger partial charge in [-0.3, -0.25) is 4.79 Å². The van der Waals surface area contributed by atoms with Crippen molar-refractivity contribution in [3.8, 4) is 0 Å². The van der Waals surface area contributed by atoms with E-state index in [0.717, 1.165) is 33.3 Å². The van der Waals surface area contributed by atoms with Gasteiger partial charge in [-0.25, -0.2) is 0 Å². The van der Waals surface area contributed by atoms with Crippen LogP contribution in [0.2, 0.25) is 0 Å². The summed E-state index contributed by atoms with van der Waals surface area (Å²) in [5.74, 6) is 0.179. The fourth-order valence-electron chi connectivity index (χ4n) is 2.80. The monoisotopic (exact) mass is 304 g/mol. The van der Waals surface area contributed by atoms with E-state index in [0.29, 0.717) is 6.42 Å². The minimum Gasteiger partial charge on any atom is -0.388 e. The molecule has 0 saturated carbocycles. The van der Waals surface area contributed by atoms with Crippen LogP contribution in [0.4, 0.5) is 11.4 Å². The molecule has 1 heterocycles. The summed E-state index contributed by atoms with van der Waals surface area (Å²) >= 11 is 1.57. The number of hydrogen-bond acceptors (Lipinski definition) is 6. The van der Waals surface area contributed by atoms with Gasteiger partial charge in [0, 0.05) is 36.2 Å². The van der Waals surface area contributed by atoms with E-state index in [1.165, 1.54) is 0 Å². The van der Waals surface area contributed by atoms with Crippen LogP contribution in [0.1, 0.15) is 12.8 Å². The molecule has 0 aromatic heterocycles. The molecule has 0 radical (unpaired) electrons. The zero-order chi connectivity index (χ0) is 15.0. The molecule has 0 amide bonds.